The summed E-state index contributed by atoms with van der Waals surface area (Å²) in [4.78, 5) is 32.2. The number of piperidine rings is 2. The van der Waals surface area contributed by atoms with Gasteiger partial charge >= 0.3 is 0 Å². The predicted octanol–water partition coefficient (Wildman–Crippen LogP) is 2.65. The van der Waals surface area contributed by atoms with Crippen molar-refractivity contribution in [1.29, 1.82) is 0 Å². The number of hydrogen-bond donors (Lipinski definition) is 0. The van der Waals surface area contributed by atoms with Crippen LogP contribution in [0.5, 0.6) is 5.75 Å². The van der Waals surface area contributed by atoms with E-state index in [9.17, 15) is 9.59 Å². The summed E-state index contributed by atoms with van der Waals surface area (Å²) in [7, 11) is 0. The number of nitrogens with zero attached hydrogens (tertiary/aromatic N) is 3. The highest BCUT2D eigenvalue weighted by Crippen LogP contribution is 2.39. The maximum absolute atomic E-state index is 12.8. The van der Waals surface area contributed by atoms with E-state index in [0.717, 1.165) is 70.5 Å². The van der Waals surface area contributed by atoms with Gasteiger partial charge in [-0.25, -0.2) is 0 Å². The number of aromatic nitrogens is 1. The van der Waals surface area contributed by atoms with Gasteiger partial charge in [0.1, 0.15) is 12.4 Å². The number of carbonyl (C=O) groups is 2. The van der Waals surface area contributed by atoms with E-state index in [2.05, 4.69) is 4.98 Å². The molecule has 0 radical (unpaired) electrons. The SMILES string of the molecule is CC(=O)N1CCC(CC(=O)N2CCC3(CCC(COc4ccncc4)O3)CC2)CC1. The average molecular weight is 416 g/mol. The van der Waals surface area contributed by atoms with E-state index in [1.165, 1.54) is 0 Å². The van der Waals surface area contributed by atoms with Crippen LogP contribution >= 0.6 is 0 Å². The summed E-state index contributed by atoms with van der Waals surface area (Å²) in [5.74, 6) is 1.63. The van der Waals surface area contributed by atoms with E-state index in [-0.39, 0.29) is 23.5 Å². The van der Waals surface area contributed by atoms with Gasteiger partial charge in [0.15, 0.2) is 0 Å². The highest BCUT2D eigenvalue weighted by atomic mass is 16.6. The third-order valence-corrected chi connectivity index (χ3v) is 6.97. The van der Waals surface area contributed by atoms with Crippen LogP contribution in [0.3, 0.4) is 0 Å². The zero-order chi connectivity index (χ0) is 21.0. The molecule has 0 N–H and O–H groups in total. The number of hydrogen-bond acceptors (Lipinski definition) is 5. The summed E-state index contributed by atoms with van der Waals surface area (Å²) in [5.41, 5.74) is -0.0874. The summed E-state index contributed by atoms with van der Waals surface area (Å²) >= 11 is 0. The summed E-state index contributed by atoms with van der Waals surface area (Å²) < 4.78 is 12.2. The molecule has 0 aromatic carbocycles. The third-order valence-electron chi connectivity index (χ3n) is 6.97. The molecule has 2 amide bonds. The number of ether oxygens (including phenoxy) is 2. The molecule has 164 valence electrons. The summed E-state index contributed by atoms with van der Waals surface area (Å²) in [6, 6.07) is 3.72. The van der Waals surface area contributed by atoms with Gasteiger partial charge < -0.3 is 19.3 Å². The van der Waals surface area contributed by atoms with Gasteiger partial charge in [0.05, 0.1) is 11.7 Å². The fourth-order valence-electron chi connectivity index (χ4n) is 5.00. The molecule has 0 aliphatic carbocycles. The minimum absolute atomic E-state index is 0.0874. The van der Waals surface area contributed by atoms with Gasteiger partial charge in [0.25, 0.3) is 0 Å². The molecule has 0 saturated carbocycles. The molecule has 7 nitrogen and oxygen atoms in total. The molecule has 30 heavy (non-hydrogen) atoms. The van der Waals surface area contributed by atoms with Crippen molar-refractivity contribution in [3.8, 4) is 5.75 Å². The van der Waals surface area contributed by atoms with Crippen LogP contribution < -0.4 is 4.74 Å². The predicted molar refractivity (Wildman–Crippen MR) is 112 cm³/mol. The van der Waals surface area contributed by atoms with Gasteiger partial charge in [-0.1, -0.05) is 0 Å². The first-order valence-electron chi connectivity index (χ1n) is 11.3. The quantitative estimate of drug-likeness (QED) is 0.739. The van der Waals surface area contributed by atoms with Crippen molar-refractivity contribution in [2.24, 2.45) is 5.92 Å². The molecule has 3 aliphatic rings. The fourth-order valence-corrected chi connectivity index (χ4v) is 5.00. The van der Waals surface area contributed by atoms with Crippen molar-refractivity contribution in [2.75, 3.05) is 32.8 Å². The standard InChI is InChI=1S/C23H33N3O4/c1-18(27)25-12-5-19(6-13-25)16-22(28)26-14-8-23(9-15-26)7-2-21(30-23)17-29-20-3-10-24-11-4-20/h3-4,10-11,19,21H,2,5-9,12-17H2,1H3. The van der Waals surface area contributed by atoms with Gasteiger partial charge in [0, 0.05) is 51.9 Å². The number of amides is 2. The lowest BCUT2D eigenvalue weighted by atomic mass is 9.87. The van der Waals surface area contributed by atoms with Crippen LogP contribution in [0.1, 0.15) is 51.9 Å². The lowest BCUT2D eigenvalue weighted by Crippen LogP contribution is -2.47. The Morgan fingerprint density at radius 3 is 2.43 bits per heavy atom. The van der Waals surface area contributed by atoms with E-state index in [1.807, 2.05) is 21.9 Å². The Labute approximate surface area is 178 Å². The maximum Gasteiger partial charge on any atom is 0.222 e. The number of likely N-dealkylation sites (tertiary alicyclic amines) is 2. The zero-order valence-corrected chi connectivity index (χ0v) is 17.9. The van der Waals surface area contributed by atoms with Crippen LogP contribution in [-0.2, 0) is 14.3 Å². The normalized spacial score (nSPS) is 24.2. The van der Waals surface area contributed by atoms with Crippen LogP contribution in [-0.4, -0.2) is 71.1 Å². The van der Waals surface area contributed by atoms with E-state index < -0.39 is 0 Å². The van der Waals surface area contributed by atoms with Gasteiger partial charge in [0.2, 0.25) is 11.8 Å². The molecule has 1 aromatic heterocycles. The lowest BCUT2D eigenvalue weighted by Gasteiger charge is -2.40. The Morgan fingerprint density at radius 2 is 1.77 bits per heavy atom. The Kier molecular flexibility index (Phi) is 6.56. The topological polar surface area (TPSA) is 72.0 Å². The second-order valence-corrected chi connectivity index (χ2v) is 8.99. The third kappa shape index (κ3) is 5.12. The average Bonchev–Trinajstić information content (AvgIpc) is 3.16. The van der Waals surface area contributed by atoms with Crippen molar-refractivity contribution in [1.82, 2.24) is 14.8 Å². The van der Waals surface area contributed by atoms with Crippen LogP contribution in [0.2, 0.25) is 0 Å². The molecule has 3 aliphatic heterocycles. The zero-order valence-electron chi connectivity index (χ0n) is 17.9. The highest BCUT2D eigenvalue weighted by Gasteiger charge is 2.43. The molecule has 4 rings (SSSR count). The van der Waals surface area contributed by atoms with Crippen molar-refractivity contribution in [3.63, 3.8) is 0 Å². The van der Waals surface area contributed by atoms with Crippen LogP contribution in [0.15, 0.2) is 24.5 Å². The lowest BCUT2D eigenvalue weighted by molar-refractivity contribution is -0.139. The molecular weight excluding hydrogens is 382 g/mol. The second kappa shape index (κ2) is 9.33. The van der Waals surface area contributed by atoms with Crippen molar-refractivity contribution >= 4 is 11.8 Å². The van der Waals surface area contributed by atoms with Gasteiger partial charge in [-0.15, -0.1) is 0 Å². The smallest absolute Gasteiger partial charge is 0.222 e. The van der Waals surface area contributed by atoms with E-state index >= 15 is 0 Å². The first-order chi connectivity index (χ1) is 14.5. The van der Waals surface area contributed by atoms with Crippen LogP contribution in [0.4, 0.5) is 0 Å². The Morgan fingerprint density at radius 1 is 1.07 bits per heavy atom. The second-order valence-electron chi connectivity index (χ2n) is 8.99. The van der Waals surface area contributed by atoms with Crippen molar-refractivity contribution in [3.05, 3.63) is 24.5 Å². The van der Waals surface area contributed by atoms with E-state index in [1.54, 1.807) is 19.3 Å². The minimum atomic E-state index is -0.0874. The fraction of sp³-hybridized carbons (Fsp3) is 0.696. The van der Waals surface area contributed by atoms with Crippen LogP contribution in [0, 0.1) is 5.92 Å². The highest BCUT2D eigenvalue weighted by molar-refractivity contribution is 5.77. The largest absolute Gasteiger partial charge is 0.491 e. The summed E-state index contributed by atoms with van der Waals surface area (Å²) in [5, 5.41) is 0. The first kappa shape index (κ1) is 21.1. The van der Waals surface area contributed by atoms with E-state index in [4.69, 9.17) is 9.47 Å². The molecule has 3 saturated heterocycles. The maximum atomic E-state index is 12.8. The summed E-state index contributed by atoms with van der Waals surface area (Å²) in [6.07, 6.45) is 9.93. The monoisotopic (exact) mass is 415 g/mol. The van der Waals surface area contributed by atoms with E-state index in [0.29, 0.717) is 18.9 Å². The van der Waals surface area contributed by atoms with Crippen molar-refractivity contribution in [2.45, 2.75) is 63.6 Å². The Balaban J connectivity index is 1.18. The molecule has 7 heteroatoms. The molecule has 0 bridgehead atoms. The Bertz CT molecular complexity index is 725. The van der Waals surface area contributed by atoms with Gasteiger partial charge in [-0.2, -0.15) is 0 Å². The molecule has 1 spiro atoms. The molecule has 1 aromatic rings. The van der Waals surface area contributed by atoms with Crippen molar-refractivity contribution < 1.29 is 19.1 Å². The number of rotatable bonds is 5. The molecular formula is C23H33N3O4. The number of pyridine rings is 1. The molecule has 3 fully saturated rings. The summed E-state index contributed by atoms with van der Waals surface area (Å²) in [6.45, 7) is 5.32. The molecule has 1 atom stereocenters. The molecule has 1 unspecified atom stereocenters. The van der Waals surface area contributed by atoms with Gasteiger partial charge in [-0.05, 0) is 56.6 Å². The molecule has 4 heterocycles. The van der Waals surface area contributed by atoms with Gasteiger partial charge in [-0.3, -0.25) is 14.6 Å². The van der Waals surface area contributed by atoms with Crippen LogP contribution in [0.25, 0.3) is 0 Å². The first-order valence-corrected chi connectivity index (χ1v) is 11.3. The number of carbonyl (C=O) groups excluding carboxylic acids is 2. The minimum Gasteiger partial charge on any atom is -0.491 e. The Hall–Kier alpha value is -2.15.